The molecule has 0 unspecified atom stereocenters. The predicted molar refractivity (Wildman–Crippen MR) is 83.5 cm³/mol. The first kappa shape index (κ1) is 17.3. The van der Waals surface area contributed by atoms with Crippen molar-refractivity contribution < 1.29 is 23.8 Å². The van der Waals surface area contributed by atoms with Crippen LogP contribution < -0.4 is 0 Å². The van der Waals surface area contributed by atoms with Gasteiger partial charge in [0.1, 0.15) is 11.4 Å². The quantitative estimate of drug-likeness (QED) is 0.919. The largest absolute Gasteiger partial charge is 0.475 e. The minimum Gasteiger partial charge on any atom is -0.475 e. The van der Waals surface area contributed by atoms with E-state index in [-0.39, 0.29) is 11.9 Å². The fourth-order valence-electron chi connectivity index (χ4n) is 2.44. The molecule has 0 bridgehead atoms. The number of aromatic carboxylic acids is 1. The number of carbonyl (C=O) groups is 2. The summed E-state index contributed by atoms with van der Waals surface area (Å²) in [6.45, 7) is 10.5. The summed E-state index contributed by atoms with van der Waals surface area (Å²) in [5, 5.41) is 8.95. The summed E-state index contributed by atoms with van der Waals surface area (Å²) in [6, 6.07) is 1.57. The highest BCUT2D eigenvalue weighted by Crippen LogP contribution is 2.18. The molecule has 0 aromatic carbocycles. The second-order valence-corrected chi connectivity index (χ2v) is 6.74. The number of hydrogen-bond donors (Lipinski definition) is 1. The van der Waals surface area contributed by atoms with E-state index in [1.807, 2.05) is 20.8 Å². The number of nitrogens with zero attached hydrogens (tertiary/aromatic N) is 2. The average Bonchev–Trinajstić information content (AvgIpc) is 2.79. The number of amides is 1. The van der Waals surface area contributed by atoms with E-state index in [0.717, 1.165) is 5.56 Å². The van der Waals surface area contributed by atoms with Crippen LogP contribution in [0.5, 0.6) is 0 Å². The molecule has 0 atom stereocenters. The molecule has 1 N–H and O–H groups in total. The Morgan fingerprint density at radius 2 is 1.87 bits per heavy atom. The molecule has 0 radical (unpaired) electrons. The van der Waals surface area contributed by atoms with Crippen molar-refractivity contribution in [3.8, 4) is 0 Å². The molecule has 1 amide bonds. The van der Waals surface area contributed by atoms with Crippen molar-refractivity contribution in [1.82, 2.24) is 9.80 Å². The monoisotopic (exact) mass is 324 g/mol. The fraction of sp³-hybridized carbons (Fsp3) is 0.625. The lowest BCUT2D eigenvalue weighted by Gasteiger charge is -2.35. The zero-order valence-electron chi connectivity index (χ0n) is 14.1. The van der Waals surface area contributed by atoms with E-state index in [1.165, 1.54) is 0 Å². The maximum Gasteiger partial charge on any atom is 0.410 e. The summed E-state index contributed by atoms with van der Waals surface area (Å²) in [5.41, 5.74) is 0.378. The molecule has 1 aliphatic heterocycles. The van der Waals surface area contributed by atoms with Crippen LogP contribution in [-0.2, 0) is 11.3 Å². The minimum atomic E-state index is -1.06. The number of hydrogen-bond acceptors (Lipinski definition) is 5. The summed E-state index contributed by atoms with van der Waals surface area (Å²) in [4.78, 5) is 26.8. The zero-order chi connectivity index (χ0) is 17.2. The van der Waals surface area contributed by atoms with E-state index in [4.69, 9.17) is 14.3 Å². The summed E-state index contributed by atoms with van der Waals surface area (Å²) in [5.74, 6) is -0.476. The van der Waals surface area contributed by atoms with E-state index < -0.39 is 11.6 Å². The maximum atomic E-state index is 12.0. The van der Waals surface area contributed by atoms with Crippen molar-refractivity contribution in [3.63, 3.8) is 0 Å². The van der Waals surface area contributed by atoms with E-state index in [1.54, 1.807) is 17.9 Å². The van der Waals surface area contributed by atoms with Crippen molar-refractivity contribution in [2.24, 2.45) is 0 Å². The van der Waals surface area contributed by atoms with Crippen LogP contribution in [0.15, 0.2) is 10.5 Å². The molecule has 7 heteroatoms. The number of carbonyl (C=O) groups excluding carboxylic acids is 1. The standard InChI is InChI=1S/C16H24N2O5/c1-11-12(9-13(22-11)14(19)20)10-17-5-7-18(8-6-17)15(21)23-16(2,3)4/h9H,5-8,10H2,1-4H3,(H,19,20). The van der Waals surface area contributed by atoms with Gasteiger partial charge in [0.25, 0.3) is 0 Å². The van der Waals surface area contributed by atoms with Crippen molar-refractivity contribution in [2.45, 2.75) is 39.8 Å². The normalized spacial score (nSPS) is 16.4. The predicted octanol–water partition coefficient (Wildman–Crippen LogP) is 2.34. The van der Waals surface area contributed by atoms with Gasteiger partial charge in [-0.05, 0) is 33.8 Å². The van der Waals surface area contributed by atoms with Crippen LogP contribution in [0.25, 0.3) is 0 Å². The van der Waals surface area contributed by atoms with Gasteiger partial charge >= 0.3 is 12.1 Å². The van der Waals surface area contributed by atoms with Crippen LogP contribution in [0.3, 0.4) is 0 Å². The van der Waals surface area contributed by atoms with E-state index in [2.05, 4.69) is 4.90 Å². The lowest BCUT2D eigenvalue weighted by molar-refractivity contribution is 0.0138. The van der Waals surface area contributed by atoms with Gasteiger partial charge in [-0.1, -0.05) is 0 Å². The molecule has 0 aliphatic carbocycles. The molecule has 1 fully saturated rings. The first-order chi connectivity index (χ1) is 10.7. The number of aryl methyl sites for hydroxylation is 1. The highest BCUT2D eigenvalue weighted by Gasteiger charge is 2.26. The second-order valence-electron chi connectivity index (χ2n) is 6.74. The third-order valence-corrected chi connectivity index (χ3v) is 3.65. The molecule has 1 aromatic rings. The number of furan rings is 1. The minimum absolute atomic E-state index is 0.0371. The number of rotatable bonds is 3. The van der Waals surface area contributed by atoms with Crippen LogP contribution >= 0.6 is 0 Å². The van der Waals surface area contributed by atoms with Crippen LogP contribution in [0, 0.1) is 6.92 Å². The van der Waals surface area contributed by atoms with Gasteiger partial charge in [-0.2, -0.15) is 0 Å². The van der Waals surface area contributed by atoms with Crippen molar-refractivity contribution in [3.05, 3.63) is 23.2 Å². The Bertz CT molecular complexity index is 580. The third-order valence-electron chi connectivity index (χ3n) is 3.65. The number of carboxylic acids is 1. The molecule has 7 nitrogen and oxygen atoms in total. The number of carboxylic acid groups (broad SMARTS) is 1. The third kappa shape index (κ3) is 4.72. The average molecular weight is 324 g/mol. The lowest BCUT2D eigenvalue weighted by Crippen LogP contribution is -2.49. The summed E-state index contributed by atoms with van der Waals surface area (Å²) in [7, 11) is 0. The highest BCUT2D eigenvalue weighted by atomic mass is 16.6. The van der Waals surface area contributed by atoms with Gasteiger partial charge in [0.05, 0.1) is 0 Å². The van der Waals surface area contributed by atoms with Gasteiger partial charge in [-0.25, -0.2) is 9.59 Å². The van der Waals surface area contributed by atoms with Crippen molar-refractivity contribution >= 4 is 12.1 Å². The first-order valence-electron chi connectivity index (χ1n) is 7.68. The smallest absolute Gasteiger partial charge is 0.410 e. The Morgan fingerprint density at radius 3 is 2.35 bits per heavy atom. The molecule has 1 aliphatic rings. The van der Waals surface area contributed by atoms with Gasteiger partial charge in [0.15, 0.2) is 0 Å². The summed E-state index contributed by atoms with van der Waals surface area (Å²) < 4.78 is 10.6. The van der Waals surface area contributed by atoms with Crippen LogP contribution in [0.2, 0.25) is 0 Å². The summed E-state index contributed by atoms with van der Waals surface area (Å²) >= 11 is 0. The van der Waals surface area contributed by atoms with Crippen molar-refractivity contribution in [1.29, 1.82) is 0 Å². The van der Waals surface area contributed by atoms with Gasteiger partial charge in [0, 0.05) is 38.3 Å². The lowest BCUT2D eigenvalue weighted by atomic mass is 10.2. The van der Waals surface area contributed by atoms with Gasteiger partial charge in [-0.3, -0.25) is 4.90 Å². The molecular formula is C16H24N2O5. The Labute approximate surface area is 135 Å². The molecular weight excluding hydrogens is 300 g/mol. The Hall–Kier alpha value is -2.02. The zero-order valence-corrected chi connectivity index (χ0v) is 14.1. The number of ether oxygens (including phenoxy) is 1. The summed E-state index contributed by atoms with van der Waals surface area (Å²) in [6.07, 6.45) is -0.287. The molecule has 1 aromatic heterocycles. The topological polar surface area (TPSA) is 83.2 Å². The molecule has 0 saturated carbocycles. The Morgan fingerprint density at radius 1 is 1.26 bits per heavy atom. The molecule has 23 heavy (non-hydrogen) atoms. The SMILES string of the molecule is Cc1oc(C(=O)O)cc1CN1CCN(C(=O)OC(C)(C)C)CC1. The van der Waals surface area contributed by atoms with E-state index in [0.29, 0.717) is 38.5 Å². The van der Waals surface area contributed by atoms with Crippen molar-refractivity contribution in [2.75, 3.05) is 26.2 Å². The van der Waals surface area contributed by atoms with E-state index in [9.17, 15) is 9.59 Å². The molecule has 1 saturated heterocycles. The fourth-order valence-corrected chi connectivity index (χ4v) is 2.44. The van der Waals surface area contributed by atoms with E-state index >= 15 is 0 Å². The first-order valence-corrected chi connectivity index (χ1v) is 7.68. The second kappa shape index (κ2) is 6.62. The molecule has 2 heterocycles. The van der Waals surface area contributed by atoms with Crippen LogP contribution in [0.1, 0.15) is 42.6 Å². The Balaban J connectivity index is 1.88. The van der Waals surface area contributed by atoms with Gasteiger partial charge in [0.2, 0.25) is 5.76 Å². The number of piperazine rings is 1. The molecule has 128 valence electrons. The van der Waals surface area contributed by atoms with Gasteiger partial charge in [-0.15, -0.1) is 0 Å². The molecule has 2 rings (SSSR count). The van der Waals surface area contributed by atoms with Crippen LogP contribution in [0.4, 0.5) is 4.79 Å². The maximum absolute atomic E-state index is 12.0. The van der Waals surface area contributed by atoms with Crippen LogP contribution in [-0.4, -0.2) is 58.7 Å². The molecule has 0 spiro atoms. The highest BCUT2D eigenvalue weighted by molar-refractivity contribution is 5.84. The Kier molecular flexibility index (Phi) is 4.99. The van der Waals surface area contributed by atoms with Gasteiger partial charge < -0.3 is 19.2 Å².